The predicted molar refractivity (Wildman–Crippen MR) is 80.7 cm³/mol. The first-order chi connectivity index (χ1) is 8.97. The third-order valence-electron chi connectivity index (χ3n) is 4.10. The number of hydrogen-bond donors (Lipinski definition) is 1. The van der Waals surface area contributed by atoms with Crippen molar-refractivity contribution < 1.29 is 8.42 Å². The molecule has 1 aliphatic heterocycles. The van der Waals surface area contributed by atoms with Crippen LogP contribution in [0, 0.1) is 5.92 Å². The maximum Gasteiger partial charge on any atom is 0.211 e. The lowest BCUT2D eigenvalue weighted by Gasteiger charge is -2.31. The average Bonchev–Trinajstić information content (AvgIpc) is 2.37. The van der Waals surface area contributed by atoms with E-state index in [1.165, 1.54) is 31.9 Å². The number of hydrogen-bond acceptors (Lipinski definition) is 3. The molecule has 0 spiro atoms. The molecule has 1 rings (SSSR count). The average molecular weight is 290 g/mol. The summed E-state index contributed by atoms with van der Waals surface area (Å²) in [6.45, 7) is 6.85. The van der Waals surface area contributed by atoms with Crippen LogP contribution in [-0.2, 0) is 10.0 Å². The molecular formula is C14H30N2O2S. The van der Waals surface area contributed by atoms with Crippen LogP contribution in [0.4, 0.5) is 0 Å². The summed E-state index contributed by atoms with van der Waals surface area (Å²) in [5.41, 5.74) is 0. The smallest absolute Gasteiger partial charge is 0.211 e. The van der Waals surface area contributed by atoms with Gasteiger partial charge in [-0.3, -0.25) is 0 Å². The summed E-state index contributed by atoms with van der Waals surface area (Å²) in [5.74, 6) is 0.558. The number of sulfonamides is 1. The number of nitrogens with one attached hydrogen (secondary N) is 1. The summed E-state index contributed by atoms with van der Waals surface area (Å²) in [4.78, 5) is 0. The van der Waals surface area contributed by atoms with Gasteiger partial charge in [-0.2, -0.15) is 0 Å². The topological polar surface area (TPSA) is 49.4 Å². The number of piperidine rings is 1. The molecule has 2 unspecified atom stereocenters. The van der Waals surface area contributed by atoms with Crippen molar-refractivity contribution in [3.05, 3.63) is 0 Å². The van der Waals surface area contributed by atoms with Crippen LogP contribution in [0.25, 0.3) is 0 Å². The lowest BCUT2D eigenvalue weighted by Crippen LogP contribution is -2.39. The molecule has 1 aliphatic rings. The van der Waals surface area contributed by atoms with Gasteiger partial charge in [0.05, 0.1) is 6.26 Å². The van der Waals surface area contributed by atoms with Gasteiger partial charge >= 0.3 is 0 Å². The highest BCUT2D eigenvalue weighted by Gasteiger charge is 2.25. The first-order valence-electron chi connectivity index (χ1n) is 7.65. The fourth-order valence-corrected chi connectivity index (χ4v) is 3.90. The van der Waals surface area contributed by atoms with Crippen LogP contribution >= 0.6 is 0 Å². The Kier molecular flexibility index (Phi) is 7.32. The Balaban J connectivity index is 2.29. The van der Waals surface area contributed by atoms with Gasteiger partial charge in [-0.15, -0.1) is 0 Å². The van der Waals surface area contributed by atoms with Gasteiger partial charge in [-0.25, -0.2) is 12.7 Å². The molecule has 1 saturated heterocycles. The van der Waals surface area contributed by atoms with Crippen LogP contribution < -0.4 is 5.32 Å². The summed E-state index contributed by atoms with van der Waals surface area (Å²) in [6.07, 6.45) is 8.27. The maximum atomic E-state index is 11.6. The van der Waals surface area contributed by atoms with Crippen molar-refractivity contribution in [1.82, 2.24) is 9.62 Å². The van der Waals surface area contributed by atoms with E-state index in [-0.39, 0.29) is 0 Å². The third kappa shape index (κ3) is 6.23. The molecule has 0 aromatic rings. The Hall–Kier alpha value is -0.130. The summed E-state index contributed by atoms with van der Waals surface area (Å²) < 4.78 is 24.8. The zero-order chi connectivity index (χ0) is 14.3. The normalized spacial score (nSPS) is 23.4. The summed E-state index contributed by atoms with van der Waals surface area (Å²) in [7, 11) is -2.99. The van der Waals surface area contributed by atoms with Crippen molar-refractivity contribution in [3.63, 3.8) is 0 Å². The fourth-order valence-electron chi connectivity index (χ4n) is 2.96. The molecule has 1 heterocycles. The SMILES string of the molecule is CCNC(CC)CCCC1CCCN(S(C)(=O)=O)C1. The molecule has 0 aromatic carbocycles. The van der Waals surface area contributed by atoms with Crippen LogP contribution in [0.15, 0.2) is 0 Å². The Morgan fingerprint density at radius 1 is 1.37 bits per heavy atom. The van der Waals surface area contributed by atoms with E-state index in [9.17, 15) is 8.42 Å². The van der Waals surface area contributed by atoms with Crippen molar-refractivity contribution in [2.24, 2.45) is 5.92 Å². The third-order valence-corrected chi connectivity index (χ3v) is 5.37. The van der Waals surface area contributed by atoms with E-state index in [1.807, 2.05) is 0 Å². The Morgan fingerprint density at radius 3 is 2.68 bits per heavy atom. The van der Waals surface area contributed by atoms with Gasteiger partial charge in [-0.05, 0) is 44.6 Å². The van der Waals surface area contributed by atoms with Gasteiger partial charge in [0.1, 0.15) is 0 Å². The van der Waals surface area contributed by atoms with E-state index < -0.39 is 10.0 Å². The second-order valence-corrected chi connectivity index (χ2v) is 7.71. The molecule has 0 amide bonds. The highest BCUT2D eigenvalue weighted by molar-refractivity contribution is 7.88. The summed E-state index contributed by atoms with van der Waals surface area (Å²) in [5, 5.41) is 3.50. The molecule has 0 saturated carbocycles. The molecular weight excluding hydrogens is 260 g/mol. The van der Waals surface area contributed by atoms with E-state index in [0.717, 1.165) is 25.9 Å². The summed E-state index contributed by atoms with van der Waals surface area (Å²) in [6, 6.07) is 0.625. The van der Waals surface area contributed by atoms with Crippen molar-refractivity contribution in [2.75, 3.05) is 25.9 Å². The highest BCUT2D eigenvalue weighted by atomic mass is 32.2. The largest absolute Gasteiger partial charge is 0.314 e. The van der Waals surface area contributed by atoms with Crippen LogP contribution in [-0.4, -0.2) is 44.7 Å². The molecule has 0 aliphatic carbocycles. The van der Waals surface area contributed by atoms with Gasteiger partial charge < -0.3 is 5.32 Å². The second kappa shape index (κ2) is 8.22. The standard InChI is InChI=1S/C14H30N2O2S/c1-4-14(15-5-2)10-6-8-13-9-7-11-16(12-13)19(3,17)18/h13-15H,4-12H2,1-3H3. The van der Waals surface area contributed by atoms with E-state index in [4.69, 9.17) is 0 Å². The van der Waals surface area contributed by atoms with E-state index in [1.54, 1.807) is 4.31 Å². The second-order valence-electron chi connectivity index (χ2n) is 5.72. The molecule has 114 valence electrons. The van der Waals surface area contributed by atoms with Crippen LogP contribution in [0.1, 0.15) is 52.4 Å². The fraction of sp³-hybridized carbons (Fsp3) is 1.00. The molecule has 0 radical (unpaired) electrons. The van der Waals surface area contributed by atoms with Crippen LogP contribution in [0.5, 0.6) is 0 Å². The molecule has 4 nitrogen and oxygen atoms in total. The quantitative estimate of drug-likeness (QED) is 0.745. The lowest BCUT2D eigenvalue weighted by molar-refractivity contribution is 0.250. The Bertz CT molecular complexity index is 343. The lowest BCUT2D eigenvalue weighted by atomic mass is 9.92. The van der Waals surface area contributed by atoms with Crippen LogP contribution in [0.2, 0.25) is 0 Å². The first kappa shape index (κ1) is 16.9. The van der Waals surface area contributed by atoms with Crippen molar-refractivity contribution in [2.45, 2.75) is 58.4 Å². The van der Waals surface area contributed by atoms with Gasteiger partial charge in [0.15, 0.2) is 0 Å². The Labute approximate surface area is 119 Å². The van der Waals surface area contributed by atoms with E-state index in [0.29, 0.717) is 18.5 Å². The van der Waals surface area contributed by atoms with Gasteiger partial charge in [0, 0.05) is 19.1 Å². The minimum atomic E-state index is -2.99. The monoisotopic (exact) mass is 290 g/mol. The minimum Gasteiger partial charge on any atom is -0.314 e. The highest BCUT2D eigenvalue weighted by Crippen LogP contribution is 2.23. The first-order valence-corrected chi connectivity index (χ1v) is 9.50. The predicted octanol–water partition coefficient (Wildman–Crippen LogP) is 2.22. The van der Waals surface area contributed by atoms with Gasteiger partial charge in [-0.1, -0.05) is 20.3 Å². The molecule has 5 heteroatoms. The zero-order valence-corrected chi connectivity index (χ0v) is 13.5. The van der Waals surface area contributed by atoms with E-state index in [2.05, 4.69) is 19.2 Å². The van der Waals surface area contributed by atoms with Crippen molar-refractivity contribution in [3.8, 4) is 0 Å². The maximum absolute atomic E-state index is 11.6. The molecule has 2 atom stereocenters. The van der Waals surface area contributed by atoms with Gasteiger partial charge in [0.2, 0.25) is 10.0 Å². The number of nitrogens with zero attached hydrogens (tertiary/aromatic N) is 1. The van der Waals surface area contributed by atoms with Crippen LogP contribution in [0.3, 0.4) is 0 Å². The summed E-state index contributed by atoms with van der Waals surface area (Å²) >= 11 is 0. The Morgan fingerprint density at radius 2 is 2.11 bits per heavy atom. The van der Waals surface area contributed by atoms with Crippen molar-refractivity contribution in [1.29, 1.82) is 0 Å². The molecule has 1 fully saturated rings. The zero-order valence-electron chi connectivity index (χ0n) is 12.7. The van der Waals surface area contributed by atoms with E-state index >= 15 is 0 Å². The van der Waals surface area contributed by atoms with Crippen molar-refractivity contribution >= 4 is 10.0 Å². The molecule has 0 bridgehead atoms. The minimum absolute atomic E-state index is 0.558. The van der Waals surface area contributed by atoms with Gasteiger partial charge in [0.25, 0.3) is 0 Å². The molecule has 1 N–H and O–H groups in total. The number of rotatable bonds is 8. The molecule has 19 heavy (non-hydrogen) atoms. The molecule has 0 aromatic heterocycles.